The molecule has 2 N–H and O–H groups in total. The van der Waals surface area contributed by atoms with E-state index in [1.165, 1.54) is 12.1 Å². The van der Waals surface area contributed by atoms with E-state index >= 15 is 0 Å². The number of pyridine rings is 1. The predicted octanol–water partition coefficient (Wildman–Crippen LogP) is 2.91. The zero-order chi connectivity index (χ0) is 15.7. The summed E-state index contributed by atoms with van der Waals surface area (Å²) in [5, 5.41) is 7.86. The summed E-state index contributed by atoms with van der Waals surface area (Å²) in [6, 6.07) is 8.04. The molecule has 0 saturated heterocycles. The van der Waals surface area contributed by atoms with Crippen molar-refractivity contribution in [3.05, 3.63) is 54.0 Å². The predicted molar refractivity (Wildman–Crippen MR) is 73.2 cm³/mol. The van der Waals surface area contributed by atoms with E-state index in [9.17, 15) is 13.2 Å². The summed E-state index contributed by atoms with van der Waals surface area (Å²) < 4.78 is 44.9. The van der Waals surface area contributed by atoms with Gasteiger partial charge in [0, 0.05) is 11.9 Å². The molecule has 2 heterocycles. The second-order valence-electron chi connectivity index (χ2n) is 4.62. The SMILES string of the molecule is Nc1ccc2nnc(COc3cccc(C(F)(F)F)c3)n2c1. The molecule has 8 heteroatoms. The molecule has 0 amide bonds. The topological polar surface area (TPSA) is 65.4 Å². The summed E-state index contributed by atoms with van der Waals surface area (Å²) in [5.41, 5.74) is 6.02. The lowest BCUT2D eigenvalue weighted by molar-refractivity contribution is -0.137. The average molecular weight is 308 g/mol. The van der Waals surface area contributed by atoms with Crippen LogP contribution in [0.15, 0.2) is 42.6 Å². The Kier molecular flexibility index (Phi) is 3.36. The molecular formula is C14H11F3N4O. The van der Waals surface area contributed by atoms with Crippen molar-refractivity contribution < 1.29 is 17.9 Å². The highest BCUT2D eigenvalue weighted by Gasteiger charge is 2.30. The molecule has 0 saturated carbocycles. The summed E-state index contributed by atoms with van der Waals surface area (Å²) in [5.74, 6) is 0.551. The molecule has 3 aromatic rings. The number of hydrogen-bond donors (Lipinski definition) is 1. The number of anilines is 1. The van der Waals surface area contributed by atoms with Crippen molar-refractivity contribution in [1.82, 2.24) is 14.6 Å². The van der Waals surface area contributed by atoms with E-state index in [1.54, 1.807) is 22.7 Å². The zero-order valence-corrected chi connectivity index (χ0v) is 11.2. The van der Waals surface area contributed by atoms with E-state index in [0.29, 0.717) is 17.2 Å². The van der Waals surface area contributed by atoms with Gasteiger partial charge in [-0.05, 0) is 30.3 Å². The van der Waals surface area contributed by atoms with E-state index in [-0.39, 0.29) is 12.4 Å². The molecule has 3 rings (SSSR count). The van der Waals surface area contributed by atoms with Gasteiger partial charge in [0.2, 0.25) is 0 Å². The van der Waals surface area contributed by atoms with Crippen molar-refractivity contribution in [2.24, 2.45) is 0 Å². The molecule has 114 valence electrons. The largest absolute Gasteiger partial charge is 0.486 e. The molecule has 5 nitrogen and oxygen atoms in total. The summed E-state index contributed by atoms with van der Waals surface area (Å²) >= 11 is 0. The molecule has 0 fully saturated rings. The van der Waals surface area contributed by atoms with Crippen LogP contribution in [0.4, 0.5) is 18.9 Å². The molecule has 0 aliphatic carbocycles. The Morgan fingerprint density at radius 2 is 1.95 bits per heavy atom. The van der Waals surface area contributed by atoms with E-state index in [2.05, 4.69) is 10.2 Å². The van der Waals surface area contributed by atoms with Crippen LogP contribution >= 0.6 is 0 Å². The highest BCUT2D eigenvalue weighted by Crippen LogP contribution is 2.31. The number of nitrogens with two attached hydrogens (primary N) is 1. The monoisotopic (exact) mass is 308 g/mol. The van der Waals surface area contributed by atoms with Gasteiger partial charge in [0.1, 0.15) is 12.4 Å². The average Bonchev–Trinajstić information content (AvgIpc) is 2.87. The number of nitrogens with zero attached hydrogens (tertiary/aromatic N) is 3. The second-order valence-corrected chi connectivity index (χ2v) is 4.62. The van der Waals surface area contributed by atoms with Gasteiger partial charge in [-0.1, -0.05) is 6.07 Å². The minimum Gasteiger partial charge on any atom is -0.486 e. The Morgan fingerprint density at radius 1 is 1.14 bits per heavy atom. The van der Waals surface area contributed by atoms with Crippen LogP contribution in [0.3, 0.4) is 0 Å². The van der Waals surface area contributed by atoms with E-state index < -0.39 is 11.7 Å². The number of benzene rings is 1. The van der Waals surface area contributed by atoms with E-state index in [4.69, 9.17) is 10.5 Å². The van der Waals surface area contributed by atoms with Crippen LogP contribution in [0.1, 0.15) is 11.4 Å². The lowest BCUT2D eigenvalue weighted by atomic mass is 10.2. The summed E-state index contributed by atoms with van der Waals surface area (Å²) in [6.07, 6.45) is -2.78. The third-order valence-corrected chi connectivity index (χ3v) is 3.03. The molecule has 1 aromatic carbocycles. The van der Waals surface area contributed by atoms with Gasteiger partial charge in [-0.25, -0.2) is 0 Å². The highest BCUT2D eigenvalue weighted by atomic mass is 19.4. The first-order valence-corrected chi connectivity index (χ1v) is 6.33. The fourth-order valence-corrected chi connectivity index (χ4v) is 1.96. The number of hydrogen-bond acceptors (Lipinski definition) is 4. The first-order chi connectivity index (χ1) is 10.4. The molecule has 0 unspecified atom stereocenters. The van der Waals surface area contributed by atoms with Crippen LogP contribution < -0.4 is 10.5 Å². The highest BCUT2D eigenvalue weighted by molar-refractivity contribution is 5.47. The number of alkyl halides is 3. The Labute approximate surface area is 123 Å². The van der Waals surface area contributed by atoms with Crippen LogP contribution in [-0.2, 0) is 12.8 Å². The Balaban J connectivity index is 1.81. The zero-order valence-electron chi connectivity index (χ0n) is 11.2. The fourth-order valence-electron chi connectivity index (χ4n) is 1.96. The summed E-state index contributed by atoms with van der Waals surface area (Å²) in [4.78, 5) is 0. The number of ether oxygens (including phenoxy) is 1. The first kappa shape index (κ1) is 14.2. The van der Waals surface area contributed by atoms with Gasteiger partial charge < -0.3 is 10.5 Å². The standard InChI is InChI=1S/C14H11F3N4O/c15-14(16,17)9-2-1-3-11(6-9)22-8-13-20-19-12-5-4-10(18)7-21(12)13/h1-7H,8,18H2. The van der Waals surface area contributed by atoms with Crippen molar-refractivity contribution in [2.45, 2.75) is 12.8 Å². The molecule has 0 spiro atoms. The molecule has 0 radical (unpaired) electrons. The molecule has 2 aromatic heterocycles. The van der Waals surface area contributed by atoms with Crippen molar-refractivity contribution in [3.63, 3.8) is 0 Å². The van der Waals surface area contributed by atoms with Crippen LogP contribution in [-0.4, -0.2) is 14.6 Å². The van der Waals surface area contributed by atoms with Gasteiger partial charge in [-0.2, -0.15) is 13.2 Å². The maximum atomic E-state index is 12.6. The molecule has 22 heavy (non-hydrogen) atoms. The third kappa shape index (κ3) is 2.80. The molecule has 0 bridgehead atoms. The lowest BCUT2D eigenvalue weighted by Gasteiger charge is -2.09. The minimum atomic E-state index is -4.41. The first-order valence-electron chi connectivity index (χ1n) is 6.33. The second kappa shape index (κ2) is 5.21. The number of rotatable bonds is 3. The van der Waals surface area contributed by atoms with Gasteiger partial charge in [0.15, 0.2) is 11.5 Å². The van der Waals surface area contributed by atoms with Crippen LogP contribution in [0.25, 0.3) is 5.65 Å². The van der Waals surface area contributed by atoms with Crippen LogP contribution in [0, 0.1) is 0 Å². The lowest BCUT2D eigenvalue weighted by Crippen LogP contribution is -2.06. The molecular weight excluding hydrogens is 297 g/mol. The molecule has 0 aliphatic rings. The van der Waals surface area contributed by atoms with Crippen molar-refractivity contribution in [1.29, 1.82) is 0 Å². The van der Waals surface area contributed by atoms with Gasteiger partial charge in [-0.3, -0.25) is 4.40 Å². The van der Waals surface area contributed by atoms with E-state index in [1.807, 2.05) is 0 Å². The minimum absolute atomic E-state index is 0.0219. The summed E-state index contributed by atoms with van der Waals surface area (Å²) in [7, 11) is 0. The van der Waals surface area contributed by atoms with Crippen LogP contribution in [0.5, 0.6) is 5.75 Å². The molecule has 0 aliphatic heterocycles. The maximum absolute atomic E-state index is 12.6. The van der Waals surface area contributed by atoms with Crippen molar-refractivity contribution in [3.8, 4) is 5.75 Å². The quantitative estimate of drug-likeness (QED) is 0.808. The number of halogens is 3. The number of nitrogen functional groups attached to an aromatic ring is 1. The van der Waals surface area contributed by atoms with Crippen LogP contribution in [0.2, 0.25) is 0 Å². The normalized spacial score (nSPS) is 11.8. The van der Waals surface area contributed by atoms with Gasteiger partial charge >= 0.3 is 6.18 Å². The van der Waals surface area contributed by atoms with Gasteiger partial charge in [0.25, 0.3) is 0 Å². The third-order valence-electron chi connectivity index (χ3n) is 3.03. The molecule has 0 atom stereocenters. The number of aromatic nitrogens is 3. The van der Waals surface area contributed by atoms with Gasteiger partial charge in [-0.15, -0.1) is 10.2 Å². The number of fused-ring (bicyclic) bond motifs is 1. The van der Waals surface area contributed by atoms with Crippen molar-refractivity contribution in [2.75, 3.05) is 5.73 Å². The van der Waals surface area contributed by atoms with Gasteiger partial charge in [0.05, 0.1) is 5.56 Å². The smallest absolute Gasteiger partial charge is 0.416 e. The van der Waals surface area contributed by atoms with E-state index in [0.717, 1.165) is 12.1 Å². The Hall–Kier alpha value is -2.77. The Morgan fingerprint density at radius 3 is 2.73 bits per heavy atom. The van der Waals surface area contributed by atoms with Crippen molar-refractivity contribution >= 4 is 11.3 Å². The Bertz CT molecular complexity index is 813. The fraction of sp³-hybridized carbons (Fsp3) is 0.143. The summed E-state index contributed by atoms with van der Waals surface area (Å²) in [6.45, 7) is -0.0219. The maximum Gasteiger partial charge on any atom is 0.416 e.